The molecule has 5 nitrogen and oxygen atoms in total. The number of rotatable bonds is 6. The SMILES string of the molecule is Cc1ccc(/C=C(\C#N)C(=O)OCC(=O)NCc2cccc(Cl)c2)cc1. The quantitative estimate of drug-likeness (QED) is 0.481. The third-order valence-corrected chi connectivity index (χ3v) is 3.68. The number of ether oxygens (including phenoxy) is 1. The first-order valence-electron chi connectivity index (χ1n) is 7.84. The van der Waals surface area contributed by atoms with Crippen LogP contribution in [0.3, 0.4) is 0 Å². The van der Waals surface area contributed by atoms with E-state index in [1.165, 1.54) is 6.08 Å². The minimum Gasteiger partial charge on any atom is -0.451 e. The van der Waals surface area contributed by atoms with Crippen molar-refractivity contribution in [1.29, 1.82) is 5.26 Å². The smallest absolute Gasteiger partial charge is 0.349 e. The lowest BCUT2D eigenvalue weighted by molar-refractivity contribution is -0.144. The Kier molecular flexibility index (Phi) is 6.95. The maximum absolute atomic E-state index is 12.0. The lowest BCUT2D eigenvalue weighted by atomic mass is 10.1. The zero-order valence-corrected chi connectivity index (χ0v) is 14.9. The van der Waals surface area contributed by atoms with Gasteiger partial charge in [0.05, 0.1) is 0 Å². The molecule has 2 aromatic carbocycles. The van der Waals surface area contributed by atoms with Gasteiger partial charge in [-0.25, -0.2) is 4.79 Å². The summed E-state index contributed by atoms with van der Waals surface area (Å²) in [7, 11) is 0. The molecule has 0 saturated carbocycles. The average Bonchev–Trinajstić information content (AvgIpc) is 2.64. The molecule has 0 aliphatic rings. The second-order valence-electron chi connectivity index (χ2n) is 5.56. The van der Waals surface area contributed by atoms with Crippen LogP contribution in [-0.2, 0) is 20.9 Å². The zero-order valence-electron chi connectivity index (χ0n) is 14.2. The normalized spacial score (nSPS) is 10.7. The molecule has 0 heterocycles. The van der Waals surface area contributed by atoms with Gasteiger partial charge in [0.2, 0.25) is 0 Å². The number of halogens is 1. The molecule has 0 bridgehead atoms. The van der Waals surface area contributed by atoms with E-state index in [-0.39, 0.29) is 12.1 Å². The van der Waals surface area contributed by atoms with E-state index >= 15 is 0 Å². The van der Waals surface area contributed by atoms with Gasteiger partial charge in [-0.3, -0.25) is 4.79 Å². The Morgan fingerprint density at radius 3 is 2.62 bits per heavy atom. The van der Waals surface area contributed by atoms with Gasteiger partial charge in [-0.1, -0.05) is 53.6 Å². The van der Waals surface area contributed by atoms with Gasteiger partial charge in [-0.05, 0) is 36.3 Å². The maximum atomic E-state index is 12.0. The number of amides is 1. The highest BCUT2D eigenvalue weighted by Gasteiger charge is 2.13. The Labute approximate surface area is 156 Å². The van der Waals surface area contributed by atoms with E-state index in [2.05, 4.69) is 5.32 Å². The molecule has 0 radical (unpaired) electrons. The molecule has 0 aliphatic heterocycles. The van der Waals surface area contributed by atoms with E-state index in [0.717, 1.165) is 11.1 Å². The zero-order chi connectivity index (χ0) is 18.9. The van der Waals surface area contributed by atoms with Crippen molar-refractivity contribution in [3.05, 3.63) is 75.8 Å². The van der Waals surface area contributed by atoms with Crippen LogP contribution in [0.25, 0.3) is 6.08 Å². The fourth-order valence-corrected chi connectivity index (χ4v) is 2.29. The molecule has 26 heavy (non-hydrogen) atoms. The number of carbonyl (C=O) groups excluding carboxylic acids is 2. The summed E-state index contributed by atoms with van der Waals surface area (Å²) in [4.78, 5) is 23.7. The van der Waals surface area contributed by atoms with Crippen LogP contribution in [0.5, 0.6) is 0 Å². The molecule has 6 heteroatoms. The highest BCUT2D eigenvalue weighted by Crippen LogP contribution is 2.11. The van der Waals surface area contributed by atoms with E-state index in [1.807, 2.05) is 25.1 Å². The Morgan fingerprint density at radius 2 is 1.96 bits per heavy atom. The Balaban J connectivity index is 1.86. The molecule has 2 aromatic rings. The number of aryl methyl sites for hydroxylation is 1. The van der Waals surface area contributed by atoms with Crippen molar-refractivity contribution in [2.24, 2.45) is 0 Å². The van der Waals surface area contributed by atoms with Gasteiger partial charge >= 0.3 is 5.97 Å². The van der Waals surface area contributed by atoms with Crippen molar-refractivity contribution in [2.75, 3.05) is 6.61 Å². The Morgan fingerprint density at radius 1 is 1.23 bits per heavy atom. The molecule has 132 valence electrons. The first-order valence-corrected chi connectivity index (χ1v) is 8.22. The average molecular weight is 369 g/mol. The fourth-order valence-electron chi connectivity index (χ4n) is 2.07. The molecule has 0 aliphatic carbocycles. The van der Waals surface area contributed by atoms with Gasteiger partial charge in [0, 0.05) is 11.6 Å². The van der Waals surface area contributed by atoms with Crippen molar-refractivity contribution >= 4 is 29.6 Å². The summed E-state index contributed by atoms with van der Waals surface area (Å²) in [6, 6.07) is 16.2. The molecule has 0 atom stereocenters. The van der Waals surface area contributed by atoms with E-state index in [0.29, 0.717) is 10.6 Å². The van der Waals surface area contributed by atoms with Crippen LogP contribution in [0.15, 0.2) is 54.1 Å². The van der Waals surface area contributed by atoms with Crippen LogP contribution >= 0.6 is 11.6 Å². The second kappa shape index (κ2) is 9.40. The number of nitrogens with zero attached hydrogens (tertiary/aromatic N) is 1. The summed E-state index contributed by atoms with van der Waals surface area (Å²) in [5.74, 6) is -1.31. The largest absolute Gasteiger partial charge is 0.451 e. The topological polar surface area (TPSA) is 79.2 Å². The third-order valence-electron chi connectivity index (χ3n) is 3.44. The maximum Gasteiger partial charge on any atom is 0.349 e. The first-order chi connectivity index (χ1) is 12.5. The number of hydrogen-bond donors (Lipinski definition) is 1. The molecule has 1 amide bonds. The molecule has 0 saturated heterocycles. The fraction of sp³-hybridized carbons (Fsp3) is 0.150. The lowest BCUT2D eigenvalue weighted by Crippen LogP contribution is -2.28. The summed E-state index contributed by atoms with van der Waals surface area (Å²) in [6.07, 6.45) is 1.42. The van der Waals surface area contributed by atoms with Gasteiger partial charge in [0.15, 0.2) is 6.61 Å². The minimum absolute atomic E-state index is 0.170. The Hall–Kier alpha value is -3.10. The van der Waals surface area contributed by atoms with Gasteiger partial charge in [-0.2, -0.15) is 5.26 Å². The van der Waals surface area contributed by atoms with Crippen LogP contribution in [0.2, 0.25) is 5.02 Å². The predicted molar refractivity (Wildman–Crippen MR) is 99.0 cm³/mol. The minimum atomic E-state index is -0.842. The predicted octanol–water partition coefficient (Wildman–Crippen LogP) is 3.42. The molecule has 0 fully saturated rings. The number of nitrogens with one attached hydrogen (secondary N) is 1. The molecular formula is C20H17ClN2O3. The van der Waals surface area contributed by atoms with Crippen molar-refractivity contribution in [3.63, 3.8) is 0 Å². The monoisotopic (exact) mass is 368 g/mol. The summed E-state index contributed by atoms with van der Waals surface area (Å²) in [6.45, 7) is 1.74. The van der Waals surface area contributed by atoms with Crippen molar-refractivity contribution in [1.82, 2.24) is 5.32 Å². The first kappa shape index (κ1) is 19.2. The van der Waals surface area contributed by atoms with Crippen LogP contribution < -0.4 is 5.32 Å². The number of benzene rings is 2. The van der Waals surface area contributed by atoms with E-state index in [1.54, 1.807) is 36.4 Å². The number of hydrogen-bond acceptors (Lipinski definition) is 4. The molecule has 0 aromatic heterocycles. The second-order valence-corrected chi connectivity index (χ2v) is 6.00. The van der Waals surface area contributed by atoms with Gasteiger partial charge in [0.1, 0.15) is 11.6 Å². The van der Waals surface area contributed by atoms with E-state index < -0.39 is 18.5 Å². The number of nitriles is 1. The van der Waals surface area contributed by atoms with Crippen LogP contribution in [-0.4, -0.2) is 18.5 Å². The van der Waals surface area contributed by atoms with Gasteiger partial charge < -0.3 is 10.1 Å². The highest BCUT2D eigenvalue weighted by molar-refractivity contribution is 6.30. The van der Waals surface area contributed by atoms with Crippen LogP contribution in [0, 0.1) is 18.3 Å². The van der Waals surface area contributed by atoms with Gasteiger partial charge in [-0.15, -0.1) is 0 Å². The van der Waals surface area contributed by atoms with Crippen LogP contribution in [0.4, 0.5) is 0 Å². The van der Waals surface area contributed by atoms with E-state index in [4.69, 9.17) is 21.6 Å². The molecule has 2 rings (SSSR count). The molecular weight excluding hydrogens is 352 g/mol. The van der Waals surface area contributed by atoms with Crippen molar-refractivity contribution < 1.29 is 14.3 Å². The number of esters is 1. The number of carbonyl (C=O) groups is 2. The summed E-state index contributed by atoms with van der Waals surface area (Å²) in [5, 5.41) is 12.3. The summed E-state index contributed by atoms with van der Waals surface area (Å²) in [5.41, 5.74) is 2.43. The summed E-state index contributed by atoms with van der Waals surface area (Å²) >= 11 is 5.87. The standard InChI is InChI=1S/C20H17ClN2O3/c1-14-5-7-15(8-6-14)9-17(11-22)20(25)26-13-19(24)23-12-16-3-2-4-18(21)10-16/h2-10H,12-13H2,1H3,(H,23,24)/b17-9+. The molecule has 1 N–H and O–H groups in total. The highest BCUT2D eigenvalue weighted by atomic mass is 35.5. The van der Waals surface area contributed by atoms with Crippen molar-refractivity contribution in [3.8, 4) is 6.07 Å². The lowest BCUT2D eigenvalue weighted by Gasteiger charge is -2.07. The van der Waals surface area contributed by atoms with E-state index in [9.17, 15) is 9.59 Å². The van der Waals surface area contributed by atoms with Crippen molar-refractivity contribution in [2.45, 2.75) is 13.5 Å². The Bertz CT molecular complexity index is 867. The third kappa shape index (κ3) is 6.08. The van der Waals surface area contributed by atoms with Crippen LogP contribution in [0.1, 0.15) is 16.7 Å². The summed E-state index contributed by atoms with van der Waals surface area (Å²) < 4.78 is 4.90. The molecule has 0 spiro atoms. The van der Waals surface area contributed by atoms with Gasteiger partial charge in [0.25, 0.3) is 5.91 Å². The molecule has 0 unspecified atom stereocenters.